The normalized spacial score (nSPS) is 18.1. The highest BCUT2D eigenvalue weighted by molar-refractivity contribution is 9.10. The molecule has 0 amide bonds. The summed E-state index contributed by atoms with van der Waals surface area (Å²) in [5.74, 6) is -0.349. The van der Waals surface area contributed by atoms with E-state index in [1.807, 2.05) is 30.3 Å². The first-order valence-corrected chi connectivity index (χ1v) is 7.11. The molecule has 1 N–H and O–H groups in total. The average molecular weight is 321 g/mol. The molecule has 0 aliphatic heterocycles. The maximum absolute atomic E-state index is 13.9. The van der Waals surface area contributed by atoms with E-state index in [2.05, 4.69) is 15.9 Å². The Morgan fingerprint density at radius 3 is 2.42 bits per heavy atom. The Hall–Kier alpha value is -1.19. The Morgan fingerprint density at radius 2 is 1.79 bits per heavy atom. The van der Waals surface area contributed by atoms with E-state index in [1.165, 1.54) is 6.07 Å². The van der Waals surface area contributed by atoms with Gasteiger partial charge in [-0.15, -0.1) is 0 Å². The highest BCUT2D eigenvalue weighted by Crippen LogP contribution is 2.56. The zero-order valence-electron chi connectivity index (χ0n) is 10.3. The maximum Gasteiger partial charge on any atom is 0.129 e. The third kappa shape index (κ3) is 2.21. The molecule has 1 atom stereocenters. The lowest BCUT2D eigenvalue weighted by Gasteiger charge is -2.23. The van der Waals surface area contributed by atoms with Crippen LogP contribution < -0.4 is 0 Å². The largest absolute Gasteiger partial charge is 0.387 e. The molecule has 1 unspecified atom stereocenters. The second-order valence-electron chi connectivity index (χ2n) is 5.09. The molecule has 1 nitrogen and oxygen atoms in total. The molecule has 1 fully saturated rings. The van der Waals surface area contributed by atoms with Crippen LogP contribution in [-0.4, -0.2) is 5.11 Å². The summed E-state index contributed by atoms with van der Waals surface area (Å²) in [5, 5.41) is 10.6. The minimum Gasteiger partial charge on any atom is -0.387 e. The number of rotatable bonds is 3. The fourth-order valence-corrected chi connectivity index (χ4v) is 3.03. The van der Waals surface area contributed by atoms with Crippen LogP contribution in [0.25, 0.3) is 0 Å². The predicted molar refractivity (Wildman–Crippen MR) is 76.4 cm³/mol. The summed E-state index contributed by atoms with van der Waals surface area (Å²) in [5.41, 5.74) is 1.14. The predicted octanol–water partition coefficient (Wildman–Crippen LogP) is 4.35. The van der Waals surface area contributed by atoms with E-state index in [0.29, 0.717) is 5.56 Å². The lowest BCUT2D eigenvalue weighted by atomic mass is 9.86. The van der Waals surface area contributed by atoms with Gasteiger partial charge in [-0.05, 0) is 36.6 Å². The number of benzene rings is 2. The van der Waals surface area contributed by atoms with Gasteiger partial charge in [0, 0.05) is 15.5 Å². The third-order valence-corrected chi connectivity index (χ3v) is 4.41. The molecule has 2 aromatic carbocycles. The van der Waals surface area contributed by atoms with Crippen LogP contribution in [0, 0.1) is 5.82 Å². The second kappa shape index (κ2) is 4.73. The number of hydrogen-bond donors (Lipinski definition) is 1. The van der Waals surface area contributed by atoms with Gasteiger partial charge in [0.05, 0.1) is 6.10 Å². The molecule has 0 bridgehead atoms. The van der Waals surface area contributed by atoms with E-state index in [0.717, 1.165) is 22.9 Å². The van der Waals surface area contributed by atoms with Crippen LogP contribution in [0.5, 0.6) is 0 Å². The van der Waals surface area contributed by atoms with Crippen LogP contribution in [0.3, 0.4) is 0 Å². The monoisotopic (exact) mass is 320 g/mol. The number of aliphatic hydroxyl groups is 1. The van der Waals surface area contributed by atoms with Crippen LogP contribution in [0.2, 0.25) is 0 Å². The van der Waals surface area contributed by atoms with Gasteiger partial charge in [0.25, 0.3) is 0 Å². The van der Waals surface area contributed by atoms with Gasteiger partial charge in [-0.3, -0.25) is 0 Å². The van der Waals surface area contributed by atoms with Crippen LogP contribution in [0.1, 0.15) is 30.1 Å². The molecule has 0 aromatic heterocycles. The SMILES string of the molecule is OC(c1cc(Br)ccc1F)C1(c2ccccc2)CC1. The topological polar surface area (TPSA) is 20.2 Å². The molecule has 1 saturated carbocycles. The van der Waals surface area contributed by atoms with Crippen LogP contribution in [0.4, 0.5) is 4.39 Å². The first-order chi connectivity index (χ1) is 9.13. The van der Waals surface area contributed by atoms with Crippen LogP contribution >= 0.6 is 15.9 Å². The van der Waals surface area contributed by atoms with Crippen molar-refractivity contribution in [1.82, 2.24) is 0 Å². The Balaban J connectivity index is 2.00. The lowest BCUT2D eigenvalue weighted by Crippen LogP contribution is -2.19. The Morgan fingerprint density at radius 1 is 1.11 bits per heavy atom. The van der Waals surface area contributed by atoms with Gasteiger partial charge in [-0.2, -0.15) is 0 Å². The smallest absolute Gasteiger partial charge is 0.129 e. The molecule has 0 spiro atoms. The fraction of sp³-hybridized carbons (Fsp3) is 0.250. The zero-order valence-corrected chi connectivity index (χ0v) is 11.9. The van der Waals surface area contributed by atoms with Crippen LogP contribution in [0.15, 0.2) is 53.0 Å². The van der Waals surface area contributed by atoms with E-state index in [-0.39, 0.29) is 11.2 Å². The van der Waals surface area contributed by atoms with Crippen molar-refractivity contribution in [1.29, 1.82) is 0 Å². The summed E-state index contributed by atoms with van der Waals surface area (Å²) in [4.78, 5) is 0. The first-order valence-electron chi connectivity index (χ1n) is 6.32. The number of hydrogen-bond acceptors (Lipinski definition) is 1. The van der Waals surface area contributed by atoms with E-state index >= 15 is 0 Å². The molecule has 19 heavy (non-hydrogen) atoms. The summed E-state index contributed by atoms with van der Waals surface area (Å²) in [6, 6.07) is 14.6. The van der Waals surface area contributed by atoms with Gasteiger partial charge in [0.2, 0.25) is 0 Å². The van der Waals surface area contributed by atoms with E-state index < -0.39 is 6.10 Å². The van der Waals surface area contributed by atoms with Crippen molar-refractivity contribution in [2.24, 2.45) is 0 Å². The van der Waals surface area contributed by atoms with Crippen molar-refractivity contribution in [3.63, 3.8) is 0 Å². The molecular weight excluding hydrogens is 307 g/mol. The highest BCUT2D eigenvalue weighted by atomic mass is 79.9. The average Bonchev–Trinajstić information content (AvgIpc) is 3.23. The van der Waals surface area contributed by atoms with Gasteiger partial charge in [-0.25, -0.2) is 4.39 Å². The zero-order chi connectivity index (χ0) is 13.5. The minimum atomic E-state index is -0.799. The van der Waals surface area contributed by atoms with Crippen molar-refractivity contribution < 1.29 is 9.50 Å². The Kier molecular flexibility index (Phi) is 3.19. The molecule has 1 aliphatic carbocycles. The summed E-state index contributed by atoms with van der Waals surface area (Å²) in [6.07, 6.45) is 0.987. The molecule has 3 rings (SSSR count). The van der Waals surface area contributed by atoms with Gasteiger partial charge in [-0.1, -0.05) is 46.3 Å². The number of aliphatic hydroxyl groups excluding tert-OH is 1. The standard InChI is InChI=1S/C16H14BrFO/c17-12-6-7-14(18)13(10-12)15(19)16(8-9-16)11-4-2-1-3-5-11/h1-7,10,15,19H,8-9H2. The molecule has 0 saturated heterocycles. The molecule has 0 heterocycles. The maximum atomic E-state index is 13.9. The van der Waals surface area contributed by atoms with Crippen molar-refractivity contribution in [3.8, 4) is 0 Å². The van der Waals surface area contributed by atoms with Gasteiger partial charge >= 0.3 is 0 Å². The molecule has 0 radical (unpaired) electrons. The van der Waals surface area contributed by atoms with Gasteiger partial charge < -0.3 is 5.11 Å². The fourth-order valence-electron chi connectivity index (χ4n) is 2.65. The van der Waals surface area contributed by atoms with Crippen molar-refractivity contribution >= 4 is 15.9 Å². The number of halogens is 2. The first kappa shape index (κ1) is 12.8. The molecule has 2 aromatic rings. The highest BCUT2D eigenvalue weighted by Gasteiger charge is 2.51. The van der Waals surface area contributed by atoms with E-state index in [9.17, 15) is 9.50 Å². The van der Waals surface area contributed by atoms with Crippen LogP contribution in [-0.2, 0) is 5.41 Å². The van der Waals surface area contributed by atoms with Gasteiger partial charge in [0.15, 0.2) is 0 Å². The summed E-state index contributed by atoms with van der Waals surface area (Å²) < 4.78 is 14.7. The van der Waals surface area contributed by atoms with E-state index in [1.54, 1.807) is 12.1 Å². The molecule has 3 heteroatoms. The Labute approximate surface area is 120 Å². The van der Waals surface area contributed by atoms with Crippen molar-refractivity contribution in [2.75, 3.05) is 0 Å². The summed E-state index contributed by atoms with van der Waals surface area (Å²) >= 11 is 3.33. The molecule has 1 aliphatic rings. The summed E-state index contributed by atoms with van der Waals surface area (Å²) in [6.45, 7) is 0. The summed E-state index contributed by atoms with van der Waals surface area (Å²) in [7, 11) is 0. The minimum absolute atomic E-state index is 0.317. The van der Waals surface area contributed by atoms with Crippen molar-refractivity contribution in [2.45, 2.75) is 24.4 Å². The van der Waals surface area contributed by atoms with Gasteiger partial charge in [0.1, 0.15) is 5.82 Å². The Bertz CT molecular complexity index is 593. The second-order valence-corrected chi connectivity index (χ2v) is 6.01. The third-order valence-electron chi connectivity index (χ3n) is 3.91. The molecule has 98 valence electrons. The van der Waals surface area contributed by atoms with Crippen molar-refractivity contribution in [3.05, 3.63) is 69.9 Å². The lowest BCUT2D eigenvalue weighted by molar-refractivity contribution is 0.129. The molecular formula is C16H14BrFO. The quantitative estimate of drug-likeness (QED) is 0.891. The van der Waals surface area contributed by atoms with E-state index in [4.69, 9.17) is 0 Å².